The minimum absolute atomic E-state index is 0.0678. The first kappa shape index (κ1) is 15.5. The van der Waals surface area contributed by atoms with Gasteiger partial charge in [0.2, 0.25) is 0 Å². The lowest BCUT2D eigenvalue weighted by molar-refractivity contribution is -0.143. The molecule has 1 aromatic carbocycles. The molecule has 0 amide bonds. The lowest BCUT2D eigenvalue weighted by Crippen LogP contribution is -2.25. The molecule has 2 atom stereocenters. The smallest absolute Gasteiger partial charge is 0.306 e. The minimum atomic E-state index is -0.738. The average Bonchev–Trinajstić information content (AvgIpc) is 2.68. The van der Waals surface area contributed by atoms with Gasteiger partial charge in [-0.2, -0.15) is 0 Å². The molecule has 0 saturated carbocycles. The zero-order valence-corrected chi connectivity index (χ0v) is 13.5. The highest BCUT2D eigenvalue weighted by molar-refractivity contribution is 9.10. The van der Waals surface area contributed by atoms with Gasteiger partial charge >= 0.3 is 5.97 Å². The van der Waals surface area contributed by atoms with Crippen molar-refractivity contribution in [1.82, 2.24) is 0 Å². The van der Waals surface area contributed by atoms with E-state index >= 15 is 0 Å². The van der Waals surface area contributed by atoms with Gasteiger partial charge in [-0.25, -0.2) is 0 Å². The molecule has 1 saturated heterocycles. The zero-order chi connectivity index (χ0) is 14.8. The number of benzene rings is 1. The van der Waals surface area contributed by atoms with Gasteiger partial charge in [0.25, 0.3) is 0 Å². The van der Waals surface area contributed by atoms with Crippen molar-refractivity contribution < 1.29 is 14.6 Å². The molecular weight excluding hydrogens is 320 g/mol. The molecule has 2 rings (SSSR count). The van der Waals surface area contributed by atoms with Gasteiger partial charge in [-0.15, -0.1) is 0 Å². The van der Waals surface area contributed by atoms with Crippen molar-refractivity contribution in [1.29, 1.82) is 0 Å². The molecule has 0 spiro atoms. The van der Waals surface area contributed by atoms with Crippen molar-refractivity contribution in [3.05, 3.63) is 34.3 Å². The SMILES string of the molecule is CC1(C)CCC(CC(Cc2cccc(Br)c2)C(=O)O)O1. The molecule has 1 N–H and O–H groups in total. The second-order valence-corrected chi connectivity index (χ2v) is 7.06. The van der Waals surface area contributed by atoms with Gasteiger partial charge in [-0.3, -0.25) is 4.79 Å². The normalized spacial score (nSPS) is 22.6. The quantitative estimate of drug-likeness (QED) is 0.879. The van der Waals surface area contributed by atoms with E-state index in [0.717, 1.165) is 22.9 Å². The first-order valence-electron chi connectivity index (χ1n) is 7.01. The molecule has 0 radical (unpaired) electrons. The molecule has 110 valence electrons. The Morgan fingerprint density at radius 3 is 2.85 bits per heavy atom. The third kappa shape index (κ3) is 4.32. The molecule has 3 nitrogen and oxygen atoms in total. The van der Waals surface area contributed by atoms with Crippen molar-refractivity contribution in [3.8, 4) is 0 Å². The maximum atomic E-state index is 11.5. The van der Waals surface area contributed by atoms with Crippen LogP contribution in [-0.2, 0) is 16.0 Å². The van der Waals surface area contributed by atoms with E-state index in [1.54, 1.807) is 0 Å². The molecule has 4 heteroatoms. The highest BCUT2D eigenvalue weighted by atomic mass is 79.9. The van der Waals surface area contributed by atoms with E-state index in [1.165, 1.54) is 0 Å². The number of carboxylic acids is 1. The number of halogens is 1. The molecular formula is C16H21BrO3. The molecule has 1 aliphatic heterocycles. The van der Waals surface area contributed by atoms with Crippen LogP contribution in [0.15, 0.2) is 28.7 Å². The lowest BCUT2D eigenvalue weighted by Gasteiger charge is -2.21. The number of rotatable bonds is 5. The Labute approximate surface area is 128 Å². The van der Waals surface area contributed by atoms with E-state index in [1.807, 2.05) is 24.3 Å². The monoisotopic (exact) mass is 340 g/mol. The third-order valence-electron chi connectivity index (χ3n) is 3.82. The first-order chi connectivity index (χ1) is 9.35. The van der Waals surface area contributed by atoms with Crippen LogP contribution in [0, 0.1) is 5.92 Å². The standard InChI is InChI=1S/C16H21BrO3/c1-16(2)7-6-14(20-16)10-12(15(18)19)8-11-4-3-5-13(17)9-11/h3-5,9,12,14H,6-8,10H2,1-2H3,(H,18,19). The van der Waals surface area contributed by atoms with Gasteiger partial charge in [0.15, 0.2) is 0 Å². The van der Waals surface area contributed by atoms with Gasteiger partial charge in [0.1, 0.15) is 0 Å². The summed E-state index contributed by atoms with van der Waals surface area (Å²) in [5.41, 5.74) is 0.938. The predicted molar refractivity (Wildman–Crippen MR) is 81.8 cm³/mol. The molecule has 20 heavy (non-hydrogen) atoms. The van der Waals surface area contributed by atoms with Gasteiger partial charge in [-0.05, 0) is 57.2 Å². The van der Waals surface area contributed by atoms with Crippen molar-refractivity contribution in [2.75, 3.05) is 0 Å². The number of hydrogen-bond acceptors (Lipinski definition) is 2. The second-order valence-electron chi connectivity index (χ2n) is 6.14. The summed E-state index contributed by atoms with van der Waals surface area (Å²) >= 11 is 3.42. The van der Waals surface area contributed by atoms with Crippen LogP contribution >= 0.6 is 15.9 Å². The molecule has 1 heterocycles. The van der Waals surface area contributed by atoms with Gasteiger partial charge < -0.3 is 9.84 Å². The Kier molecular flexibility index (Phi) is 4.86. The minimum Gasteiger partial charge on any atom is -0.481 e. The summed E-state index contributed by atoms with van der Waals surface area (Å²) in [4.78, 5) is 11.5. The number of carboxylic acid groups (broad SMARTS) is 1. The number of aliphatic carboxylic acids is 1. The maximum Gasteiger partial charge on any atom is 0.306 e. The summed E-state index contributed by atoms with van der Waals surface area (Å²) in [6.45, 7) is 4.13. The fourth-order valence-corrected chi connectivity index (χ4v) is 3.23. The van der Waals surface area contributed by atoms with Crippen LogP contribution < -0.4 is 0 Å². The van der Waals surface area contributed by atoms with Crippen LogP contribution in [0.25, 0.3) is 0 Å². The molecule has 1 aliphatic rings. The summed E-state index contributed by atoms with van der Waals surface area (Å²) in [5, 5.41) is 9.43. The van der Waals surface area contributed by atoms with Crippen molar-refractivity contribution in [2.45, 2.75) is 51.2 Å². The Morgan fingerprint density at radius 2 is 2.30 bits per heavy atom. The highest BCUT2D eigenvalue weighted by Crippen LogP contribution is 2.33. The number of hydrogen-bond donors (Lipinski definition) is 1. The second kappa shape index (κ2) is 6.27. The van der Waals surface area contributed by atoms with Crippen LogP contribution in [-0.4, -0.2) is 22.8 Å². The van der Waals surface area contributed by atoms with Crippen molar-refractivity contribution in [3.63, 3.8) is 0 Å². The third-order valence-corrected chi connectivity index (χ3v) is 4.32. The molecule has 1 fully saturated rings. The molecule has 0 aromatic heterocycles. The van der Waals surface area contributed by atoms with E-state index in [-0.39, 0.29) is 17.6 Å². The average molecular weight is 341 g/mol. The van der Waals surface area contributed by atoms with Crippen molar-refractivity contribution >= 4 is 21.9 Å². The van der Waals surface area contributed by atoms with Gasteiger partial charge in [0, 0.05) is 4.47 Å². The Bertz CT molecular complexity index is 484. The summed E-state index contributed by atoms with van der Waals surface area (Å²) in [6.07, 6.45) is 3.16. The van der Waals surface area contributed by atoms with Gasteiger partial charge in [-0.1, -0.05) is 28.1 Å². The highest BCUT2D eigenvalue weighted by Gasteiger charge is 2.34. The summed E-state index contributed by atoms with van der Waals surface area (Å²) in [6, 6.07) is 7.84. The van der Waals surface area contributed by atoms with E-state index in [9.17, 15) is 9.90 Å². The Hall–Kier alpha value is -0.870. The van der Waals surface area contributed by atoms with Crippen LogP contribution in [0.1, 0.15) is 38.7 Å². The molecule has 1 aromatic rings. The van der Waals surface area contributed by atoms with E-state index in [2.05, 4.69) is 29.8 Å². The number of carbonyl (C=O) groups is 1. The van der Waals surface area contributed by atoms with Crippen LogP contribution in [0.3, 0.4) is 0 Å². The van der Waals surface area contributed by atoms with Gasteiger partial charge in [0.05, 0.1) is 17.6 Å². The maximum absolute atomic E-state index is 11.5. The molecule has 0 bridgehead atoms. The summed E-state index contributed by atoms with van der Waals surface area (Å²) in [5.74, 6) is -1.12. The summed E-state index contributed by atoms with van der Waals surface area (Å²) < 4.78 is 6.90. The Balaban J connectivity index is 1.99. The fraction of sp³-hybridized carbons (Fsp3) is 0.562. The lowest BCUT2D eigenvalue weighted by atomic mass is 9.92. The van der Waals surface area contributed by atoms with Crippen LogP contribution in [0.4, 0.5) is 0 Å². The van der Waals surface area contributed by atoms with E-state index in [0.29, 0.717) is 12.8 Å². The van der Waals surface area contributed by atoms with E-state index in [4.69, 9.17) is 4.74 Å². The van der Waals surface area contributed by atoms with Crippen LogP contribution in [0.2, 0.25) is 0 Å². The molecule has 2 unspecified atom stereocenters. The largest absolute Gasteiger partial charge is 0.481 e. The van der Waals surface area contributed by atoms with Crippen molar-refractivity contribution in [2.24, 2.45) is 5.92 Å². The Morgan fingerprint density at radius 1 is 1.55 bits per heavy atom. The fourth-order valence-electron chi connectivity index (χ4n) is 2.78. The zero-order valence-electron chi connectivity index (χ0n) is 11.9. The summed E-state index contributed by atoms with van der Waals surface area (Å²) in [7, 11) is 0. The first-order valence-corrected chi connectivity index (χ1v) is 7.80. The molecule has 0 aliphatic carbocycles. The topological polar surface area (TPSA) is 46.5 Å². The van der Waals surface area contributed by atoms with E-state index < -0.39 is 5.97 Å². The van der Waals surface area contributed by atoms with Crippen LogP contribution in [0.5, 0.6) is 0 Å². The number of ether oxygens (including phenoxy) is 1. The predicted octanol–water partition coefficient (Wildman–Crippen LogP) is 4.04.